The Labute approximate surface area is 98.8 Å². The third kappa shape index (κ3) is 2.23. The molecule has 84 valence electrons. The molecule has 16 heavy (non-hydrogen) atoms. The van der Waals surface area contributed by atoms with Crippen LogP contribution in [0.1, 0.15) is 0 Å². The van der Waals surface area contributed by atoms with Crippen molar-refractivity contribution in [2.45, 2.75) is 6.54 Å². The lowest BCUT2D eigenvalue weighted by Crippen LogP contribution is -2.05. The fraction of sp³-hybridized carbons (Fsp3) is 0.273. The summed E-state index contributed by atoms with van der Waals surface area (Å²) in [7, 11) is 1.67. The predicted octanol–water partition coefficient (Wildman–Crippen LogP) is 2.24. The van der Waals surface area contributed by atoms with E-state index in [0.717, 1.165) is 11.4 Å². The van der Waals surface area contributed by atoms with Crippen LogP contribution < -0.4 is 0 Å². The van der Waals surface area contributed by atoms with Crippen molar-refractivity contribution in [2.24, 2.45) is 0 Å². The first-order valence-electron chi connectivity index (χ1n) is 4.94. The van der Waals surface area contributed by atoms with Crippen molar-refractivity contribution in [3.05, 3.63) is 35.6 Å². The summed E-state index contributed by atoms with van der Waals surface area (Å²) in [5.41, 5.74) is 0.887. The Morgan fingerprint density at radius 2 is 2.19 bits per heavy atom. The van der Waals surface area contributed by atoms with Gasteiger partial charge < -0.3 is 9.30 Å². The van der Waals surface area contributed by atoms with Gasteiger partial charge >= 0.3 is 0 Å². The maximum Gasteiger partial charge on any atom is 0.165 e. The second-order valence-electron chi connectivity index (χ2n) is 3.32. The van der Waals surface area contributed by atoms with Crippen LogP contribution in [-0.4, -0.2) is 28.5 Å². The van der Waals surface area contributed by atoms with E-state index in [2.05, 4.69) is 10.2 Å². The molecule has 0 aliphatic carbocycles. The summed E-state index contributed by atoms with van der Waals surface area (Å²) in [6, 6.07) is 7.58. The molecular weight excluding hydrogens is 226 g/mol. The van der Waals surface area contributed by atoms with Crippen LogP contribution in [0.25, 0.3) is 11.4 Å². The van der Waals surface area contributed by atoms with Gasteiger partial charge in [0.05, 0.1) is 11.6 Å². The average molecular weight is 238 g/mol. The molecule has 0 bridgehead atoms. The van der Waals surface area contributed by atoms with Crippen molar-refractivity contribution < 1.29 is 4.74 Å². The second kappa shape index (κ2) is 5.09. The van der Waals surface area contributed by atoms with E-state index >= 15 is 0 Å². The SMILES string of the molecule is COCCn1cnnc1-c1ccccc1Cl. The first-order chi connectivity index (χ1) is 7.83. The average Bonchev–Trinajstić information content (AvgIpc) is 2.75. The van der Waals surface area contributed by atoms with E-state index in [1.807, 2.05) is 28.8 Å². The lowest BCUT2D eigenvalue weighted by atomic mass is 10.2. The Morgan fingerprint density at radius 3 is 2.94 bits per heavy atom. The molecule has 0 radical (unpaired) electrons. The van der Waals surface area contributed by atoms with Crippen LogP contribution in [0, 0.1) is 0 Å². The Hall–Kier alpha value is -1.39. The summed E-state index contributed by atoms with van der Waals surface area (Å²) in [6.45, 7) is 1.33. The molecule has 2 aromatic rings. The lowest BCUT2D eigenvalue weighted by Gasteiger charge is -2.06. The van der Waals surface area contributed by atoms with Crippen molar-refractivity contribution in [3.8, 4) is 11.4 Å². The Balaban J connectivity index is 2.33. The third-order valence-corrected chi connectivity index (χ3v) is 2.60. The van der Waals surface area contributed by atoms with E-state index in [-0.39, 0.29) is 0 Å². The van der Waals surface area contributed by atoms with E-state index < -0.39 is 0 Å². The quantitative estimate of drug-likeness (QED) is 0.819. The van der Waals surface area contributed by atoms with Gasteiger partial charge in [0.2, 0.25) is 0 Å². The van der Waals surface area contributed by atoms with Crippen molar-refractivity contribution in [2.75, 3.05) is 13.7 Å². The molecule has 0 saturated carbocycles. The van der Waals surface area contributed by atoms with Gasteiger partial charge in [0.15, 0.2) is 5.82 Å². The largest absolute Gasteiger partial charge is 0.383 e. The predicted molar refractivity (Wildman–Crippen MR) is 62.3 cm³/mol. The highest BCUT2D eigenvalue weighted by molar-refractivity contribution is 6.33. The zero-order chi connectivity index (χ0) is 11.4. The number of hydrogen-bond donors (Lipinski definition) is 0. The molecule has 0 aliphatic heterocycles. The highest BCUT2D eigenvalue weighted by Gasteiger charge is 2.09. The molecule has 1 heterocycles. The van der Waals surface area contributed by atoms with Gasteiger partial charge in [-0.3, -0.25) is 0 Å². The van der Waals surface area contributed by atoms with Gasteiger partial charge in [-0.15, -0.1) is 10.2 Å². The number of ether oxygens (including phenoxy) is 1. The van der Waals surface area contributed by atoms with Crippen LogP contribution in [0.15, 0.2) is 30.6 Å². The van der Waals surface area contributed by atoms with E-state index in [1.54, 1.807) is 13.4 Å². The Bertz CT molecular complexity index is 470. The molecule has 0 spiro atoms. The summed E-state index contributed by atoms with van der Waals surface area (Å²) >= 11 is 6.11. The molecule has 0 aliphatic rings. The zero-order valence-corrected chi connectivity index (χ0v) is 9.68. The topological polar surface area (TPSA) is 39.9 Å². The molecule has 0 saturated heterocycles. The molecule has 0 fully saturated rings. The van der Waals surface area contributed by atoms with E-state index in [0.29, 0.717) is 18.2 Å². The summed E-state index contributed by atoms with van der Waals surface area (Å²) < 4.78 is 6.95. The highest BCUT2D eigenvalue weighted by atomic mass is 35.5. The van der Waals surface area contributed by atoms with Crippen molar-refractivity contribution in [1.82, 2.24) is 14.8 Å². The number of benzene rings is 1. The van der Waals surface area contributed by atoms with Crippen LogP contribution in [0.5, 0.6) is 0 Å². The van der Waals surface area contributed by atoms with Crippen LogP contribution in [0.2, 0.25) is 5.02 Å². The minimum Gasteiger partial charge on any atom is -0.383 e. The second-order valence-corrected chi connectivity index (χ2v) is 3.73. The van der Waals surface area contributed by atoms with Crippen molar-refractivity contribution in [3.63, 3.8) is 0 Å². The normalized spacial score (nSPS) is 10.6. The van der Waals surface area contributed by atoms with Gasteiger partial charge in [0, 0.05) is 19.2 Å². The molecule has 0 unspecified atom stereocenters. The lowest BCUT2D eigenvalue weighted by molar-refractivity contribution is 0.187. The molecule has 5 heteroatoms. The molecule has 0 N–H and O–H groups in total. The fourth-order valence-electron chi connectivity index (χ4n) is 1.46. The summed E-state index contributed by atoms with van der Waals surface area (Å²) in [4.78, 5) is 0. The third-order valence-electron chi connectivity index (χ3n) is 2.27. The van der Waals surface area contributed by atoms with Gasteiger partial charge in [-0.25, -0.2) is 0 Å². The number of hydrogen-bond acceptors (Lipinski definition) is 3. The van der Waals surface area contributed by atoms with Gasteiger partial charge in [0.1, 0.15) is 6.33 Å². The maximum absolute atomic E-state index is 6.11. The summed E-state index contributed by atoms with van der Waals surface area (Å²) in [6.07, 6.45) is 1.68. The molecule has 0 amide bonds. The molecule has 2 rings (SSSR count). The smallest absolute Gasteiger partial charge is 0.165 e. The number of halogens is 1. The monoisotopic (exact) mass is 237 g/mol. The van der Waals surface area contributed by atoms with Crippen LogP contribution in [-0.2, 0) is 11.3 Å². The zero-order valence-electron chi connectivity index (χ0n) is 8.93. The number of rotatable bonds is 4. The van der Waals surface area contributed by atoms with Gasteiger partial charge in [0.25, 0.3) is 0 Å². The van der Waals surface area contributed by atoms with Crippen LogP contribution in [0.3, 0.4) is 0 Å². The highest BCUT2D eigenvalue weighted by Crippen LogP contribution is 2.25. The molecule has 1 aromatic carbocycles. The molecule has 4 nitrogen and oxygen atoms in total. The first kappa shape index (κ1) is 11.1. The first-order valence-corrected chi connectivity index (χ1v) is 5.32. The number of aromatic nitrogens is 3. The minimum atomic E-state index is 0.621. The Kier molecular flexibility index (Phi) is 3.54. The molecule has 1 aromatic heterocycles. The van der Waals surface area contributed by atoms with Gasteiger partial charge in [-0.1, -0.05) is 23.7 Å². The van der Waals surface area contributed by atoms with Crippen LogP contribution >= 0.6 is 11.6 Å². The number of nitrogens with zero attached hydrogens (tertiary/aromatic N) is 3. The fourth-order valence-corrected chi connectivity index (χ4v) is 1.68. The standard InChI is InChI=1S/C11H12ClN3O/c1-16-7-6-15-8-13-14-11(15)9-4-2-3-5-10(9)12/h2-5,8H,6-7H2,1H3. The maximum atomic E-state index is 6.11. The van der Waals surface area contributed by atoms with E-state index in [9.17, 15) is 0 Å². The summed E-state index contributed by atoms with van der Waals surface area (Å²) in [5.74, 6) is 0.766. The summed E-state index contributed by atoms with van der Waals surface area (Å²) in [5, 5.41) is 8.64. The van der Waals surface area contributed by atoms with E-state index in [4.69, 9.17) is 16.3 Å². The molecular formula is C11H12ClN3O. The van der Waals surface area contributed by atoms with Crippen molar-refractivity contribution in [1.29, 1.82) is 0 Å². The van der Waals surface area contributed by atoms with Gasteiger partial charge in [-0.2, -0.15) is 0 Å². The van der Waals surface area contributed by atoms with E-state index in [1.165, 1.54) is 0 Å². The van der Waals surface area contributed by atoms with Crippen molar-refractivity contribution >= 4 is 11.6 Å². The van der Waals surface area contributed by atoms with Gasteiger partial charge in [-0.05, 0) is 12.1 Å². The van der Waals surface area contributed by atoms with Crippen LogP contribution in [0.4, 0.5) is 0 Å². The minimum absolute atomic E-state index is 0.621. The Morgan fingerprint density at radius 1 is 1.38 bits per heavy atom. The number of methoxy groups -OCH3 is 1. The molecule has 0 atom stereocenters.